The molecule has 0 spiro atoms. The van der Waals surface area contributed by atoms with Crippen molar-refractivity contribution in [1.82, 2.24) is 4.57 Å². The van der Waals surface area contributed by atoms with Gasteiger partial charge in [0, 0.05) is 33.3 Å². The lowest BCUT2D eigenvalue weighted by Gasteiger charge is -2.32. The Morgan fingerprint density at radius 3 is 1.89 bits per heavy atom. The van der Waals surface area contributed by atoms with E-state index in [4.69, 9.17) is 0 Å². The predicted molar refractivity (Wildman–Crippen MR) is 279 cm³/mol. The van der Waals surface area contributed by atoms with Crippen molar-refractivity contribution < 1.29 is 0 Å². The largest absolute Gasteiger partial charge is 0.309 e. The number of fused-ring (bicyclic) bond motifs is 4. The van der Waals surface area contributed by atoms with E-state index >= 15 is 0 Å². The third kappa shape index (κ3) is 7.24. The Labute approximate surface area is 388 Å². The number of aromatic nitrogens is 1. The Bertz CT molecular complexity index is 3500. The summed E-state index contributed by atoms with van der Waals surface area (Å²) in [6, 6.07) is 81.0. The van der Waals surface area contributed by atoms with Crippen molar-refractivity contribution >= 4 is 50.5 Å². The molecule has 0 aliphatic heterocycles. The van der Waals surface area contributed by atoms with Gasteiger partial charge in [-0.2, -0.15) is 0 Å². The highest BCUT2D eigenvalue weighted by atomic mass is 15.1. The summed E-state index contributed by atoms with van der Waals surface area (Å²) in [4.78, 5) is 2.56. The average Bonchev–Trinajstić information content (AvgIpc) is 3.73. The van der Waals surface area contributed by atoms with E-state index in [1.165, 1.54) is 120 Å². The molecule has 12 rings (SSSR count). The zero-order chi connectivity index (χ0) is 43.8. The molecule has 0 bridgehead atoms. The van der Waals surface area contributed by atoms with Gasteiger partial charge in [0.05, 0.1) is 22.4 Å². The van der Waals surface area contributed by atoms with Crippen LogP contribution in [0.2, 0.25) is 0 Å². The summed E-state index contributed by atoms with van der Waals surface area (Å²) in [5.41, 5.74) is 18.5. The topological polar surface area (TPSA) is 8.17 Å². The molecular weight excluding hydrogens is 797 g/mol. The molecule has 1 fully saturated rings. The Kier molecular flexibility index (Phi) is 10.5. The van der Waals surface area contributed by atoms with E-state index in [1.807, 2.05) is 0 Å². The van der Waals surface area contributed by atoms with Crippen molar-refractivity contribution in [3.63, 3.8) is 0 Å². The van der Waals surface area contributed by atoms with Gasteiger partial charge in [-0.3, -0.25) is 0 Å². The molecule has 318 valence electrons. The summed E-state index contributed by atoms with van der Waals surface area (Å²) in [5.74, 6) is 0.601. The summed E-state index contributed by atoms with van der Waals surface area (Å²) < 4.78 is 2.40. The van der Waals surface area contributed by atoms with E-state index in [0.29, 0.717) is 5.92 Å². The molecule has 66 heavy (non-hydrogen) atoms. The van der Waals surface area contributed by atoms with Crippen LogP contribution in [0.1, 0.15) is 62.0 Å². The average molecular weight is 849 g/mol. The Morgan fingerprint density at radius 1 is 0.424 bits per heavy atom. The summed E-state index contributed by atoms with van der Waals surface area (Å²) in [6.45, 7) is 0. The molecule has 0 unspecified atom stereocenters. The minimum atomic E-state index is 0.601. The highest BCUT2D eigenvalue weighted by Gasteiger charge is 2.25. The zero-order valence-electron chi connectivity index (χ0n) is 37.3. The molecule has 0 amide bonds. The van der Waals surface area contributed by atoms with Gasteiger partial charge in [0.25, 0.3) is 0 Å². The molecule has 1 aromatic heterocycles. The van der Waals surface area contributed by atoms with E-state index in [-0.39, 0.29) is 0 Å². The molecule has 2 nitrogen and oxygen atoms in total. The van der Waals surface area contributed by atoms with E-state index in [1.54, 1.807) is 5.56 Å². The number of hydrogen-bond acceptors (Lipinski definition) is 1. The van der Waals surface area contributed by atoms with Crippen LogP contribution in [0.15, 0.2) is 218 Å². The van der Waals surface area contributed by atoms with Crippen molar-refractivity contribution in [1.29, 1.82) is 0 Å². The van der Waals surface area contributed by atoms with E-state index in [2.05, 4.69) is 234 Å². The second-order valence-electron chi connectivity index (χ2n) is 18.2. The van der Waals surface area contributed by atoms with Crippen LogP contribution < -0.4 is 15.3 Å². The second kappa shape index (κ2) is 17.4. The number of rotatable bonds is 9. The third-order valence-electron chi connectivity index (χ3n) is 14.3. The maximum Gasteiger partial charge on any atom is 0.0541 e. The number of hydrogen-bond donors (Lipinski definition) is 0. The van der Waals surface area contributed by atoms with Crippen molar-refractivity contribution in [2.75, 3.05) is 4.90 Å². The van der Waals surface area contributed by atoms with Crippen LogP contribution in [0.5, 0.6) is 0 Å². The van der Waals surface area contributed by atoms with Gasteiger partial charge < -0.3 is 9.47 Å². The van der Waals surface area contributed by atoms with Crippen molar-refractivity contribution in [3.8, 4) is 39.1 Å². The first kappa shape index (κ1) is 39.9. The van der Waals surface area contributed by atoms with Gasteiger partial charge in [-0.1, -0.05) is 183 Å². The maximum atomic E-state index is 2.56. The van der Waals surface area contributed by atoms with Gasteiger partial charge in [0.15, 0.2) is 0 Å². The smallest absolute Gasteiger partial charge is 0.0541 e. The summed E-state index contributed by atoms with van der Waals surface area (Å²) >= 11 is 0. The third-order valence-corrected chi connectivity index (χ3v) is 14.3. The van der Waals surface area contributed by atoms with Gasteiger partial charge in [0.2, 0.25) is 0 Å². The quantitative estimate of drug-likeness (QED) is 0.140. The molecule has 2 heteroatoms. The first-order valence-electron chi connectivity index (χ1n) is 23.9. The molecule has 0 saturated heterocycles. The highest BCUT2D eigenvalue weighted by Crippen LogP contribution is 2.46. The lowest BCUT2D eigenvalue weighted by molar-refractivity contribution is 0.442. The summed E-state index contributed by atoms with van der Waals surface area (Å²) in [7, 11) is 0. The van der Waals surface area contributed by atoms with Crippen LogP contribution in [0.25, 0.3) is 72.5 Å². The minimum absolute atomic E-state index is 0.601. The molecule has 10 aromatic rings. The fraction of sp³-hybridized carbons (Fsp3) is 0.125. The maximum absolute atomic E-state index is 2.56. The van der Waals surface area contributed by atoms with Crippen LogP contribution in [-0.2, 0) is 0 Å². The number of para-hydroxylation sites is 3. The normalized spacial score (nSPS) is 14.0. The molecule has 2 aliphatic carbocycles. The first-order chi connectivity index (χ1) is 32.8. The van der Waals surface area contributed by atoms with Crippen LogP contribution in [0, 0.1) is 0 Å². The standard InChI is InChI=1S/C64H52N2/c1-5-20-45(21-6-1)50-38-40-62(58(43-50)47-24-9-3-10-25-47)66(60-36-15-13-32-55(60)57-35-19-27-48-26-18-34-54(64(48)57)46-22-7-2-8-23-46)53-31-17-28-49(42-53)51-39-41-63-59(44-51)56-33-14-16-37-61(56)65(63)52-29-11-4-12-30-52/h1,3-6,9-18,20-21,24-34,36-44,46H,2,7-8,19,22-23,35H2. The summed E-state index contributed by atoms with van der Waals surface area (Å²) in [5, 5.41) is 5.37. The molecule has 0 radical (unpaired) electrons. The van der Waals surface area contributed by atoms with Gasteiger partial charge >= 0.3 is 0 Å². The Hall–Kier alpha value is -7.68. The lowest BCUT2D eigenvalue weighted by Crippen LogP contribution is -2.35. The number of benzene rings is 9. The molecule has 2 aliphatic rings. The Balaban J connectivity index is 1.09. The van der Waals surface area contributed by atoms with Crippen LogP contribution >= 0.6 is 0 Å². The monoisotopic (exact) mass is 848 g/mol. The van der Waals surface area contributed by atoms with E-state index in [9.17, 15) is 0 Å². The number of nitrogens with zero attached hydrogens (tertiary/aromatic N) is 2. The lowest BCUT2D eigenvalue weighted by atomic mass is 9.80. The van der Waals surface area contributed by atoms with Crippen LogP contribution in [-0.4, -0.2) is 4.57 Å². The van der Waals surface area contributed by atoms with Crippen molar-refractivity contribution in [2.24, 2.45) is 0 Å². The van der Waals surface area contributed by atoms with Crippen LogP contribution in [0.3, 0.4) is 0 Å². The summed E-state index contributed by atoms with van der Waals surface area (Å²) in [6.07, 6.45) is 11.1. The van der Waals surface area contributed by atoms with Crippen molar-refractivity contribution in [3.05, 3.63) is 240 Å². The second-order valence-corrected chi connectivity index (χ2v) is 18.2. The van der Waals surface area contributed by atoms with E-state index < -0.39 is 0 Å². The SMILES string of the molecule is C1=c2cccc(C3CCCCC3)c2=C(c2ccccc2N(c2cccc(-c3ccc4c(c3)c3ccccc3n4-c3ccccc3)c2)c2ccc(-c3ccccc3)cc2-c2ccccc2)CC1. The van der Waals surface area contributed by atoms with E-state index in [0.717, 1.165) is 24.2 Å². The highest BCUT2D eigenvalue weighted by molar-refractivity contribution is 6.10. The molecule has 1 heterocycles. The van der Waals surface area contributed by atoms with Crippen LogP contribution in [0.4, 0.5) is 17.1 Å². The fourth-order valence-electron chi connectivity index (χ4n) is 11.2. The Morgan fingerprint density at radius 2 is 1.06 bits per heavy atom. The van der Waals surface area contributed by atoms with Gasteiger partial charge in [-0.25, -0.2) is 0 Å². The first-order valence-corrected chi connectivity index (χ1v) is 23.9. The van der Waals surface area contributed by atoms with Crippen molar-refractivity contribution in [2.45, 2.75) is 50.9 Å². The molecule has 0 N–H and O–H groups in total. The number of anilines is 3. The predicted octanol–water partition coefficient (Wildman–Crippen LogP) is 16.1. The molecule has 0 atom stereocenters. The van der Waals surface area contributed by atoms with Gasteiger partial charge in [0.1, 0.15) is 0 Å². The molecule has 1 saturated carbocycles. The van der Waals surface area contributed by atoms with Gasteiger partial charge in [-0.15, -0.1) is 0 Å². The minimum Gasteiger partial charge on any atom is -0.309 e. The zero-order valence-corrected chi connectivity index (χ0v) is 37.3. The molecule has 9 aromatic carbocycles. The van der Waals surface area contributed by atoms with Gasteiger partial charge in [-0.05, 0) is 142 Å². The fourth-order valence-corrected chi connectivity index (χ4v) is 11.2. The molecular formula is C64H52N2.